The van der Waals surface area contributed by atoms with Gasteiger partial charge in [0, 0.05) is 11.1 Å². The van der Waals surface area contributed by atoms with Crippen LogP contribution in [0.1, 0.15) is 19.8 Å². The van der Waals surface area contributed by atoms with Gasteiger partial charge < -0.3 is 25.6 Å². The number of anilines is 1. The van der Waals surface area contributed by atoms with Gasteiger partial charge in [-0.1, -0.05) is 36.4 Å². The Morgan fingerprint density at radius 3 is 2.70 bits per heavy atom. The van der Waals surface area contributed by atoms with Crippen molar-refractivity contribution in [2.75, 3.05) is 18.9 Å². The molecule has 2 unspecified atom stereocenters. The van der Waals surface area contributed by atoms with E-state index in [1.807, 2.05) is 42.5 Å². The van der Waals surface area contributed by atoms with E-state index in [1.54, 1.807) is 14.0 Å². The number of carbonyl (C=O) groups is 3. The van der Waals surface area contributed by atoms with Crippen LogP contribution in [0.15, 0.2) is 42.5 Å². The third-order valence-electron chi connectivity index (χ3n) is 5.70. The van der Waals surface area contributed by atoms with Gasteiger partial charge in [-0.15, -0.1) is 0 Å². The van der Waals surface area contributed by atoms with Gasteiger partial charge in [0.2, 0.25) is 11.8 Å². The number of amides is 3. The average Bonchev–Trinajstić information content (AvgIpc) is 3.15. The SMILES string of the molecule is CNCC(=O)N[C@@H]1C(=O)N2C(CCC2C(=O)Nc2cccc3ccccc23)O[C@@H]1C. The Labute approximate surface area is 174 Å². The maximum absolute atomic E-state index is 13.2. The Kier molecular flexibility index (Phi) is 5.69. The fourth-order valence-corrected chi connectivity index (χ4v) is 4.27. The van der Waals surface area contributed by atoms with Crippen molar-refractivity contribution in [1.82, 2.24) is 15.5 Å². The molecule has 4 rings (SSSR count). The van der Waals surface area contributed by atoms with Gasteiger partial charge >= 0.3 is 0 Å². The molecule has 2 heterocycles. The molecule has 8 nitrogen and oxygen atoms in total. The first-order valence-corrected chi connectivity index (χ1v) is 10.2. The van der Waals surface area contributed by atoms with Gasteiger partial charge in [0.1, 0.15) is 18.3 Å². The molecular formula is C22H26N4O4. The standard InChI is InChI=1S/C22H26N4O4/c1-13-20(25-18(27)12-23-2)22(29)26-17(10-11-19(26)30-13)21(28)24-16-9-5-7-14-6-3-4-8-15(14)16/h3-9,13,17,19-20,23H,10-12H2,1-2H3,(H,24,28)(H,25,27)/t13-,17?,19?,20+/m1/s1. The molecule has 2 saturated heterocycles. The summed E-state index contributed by atoms with van der Waals surface area (Å²) in [6, 6.07) is 12.1. The van der Waals surface area contributed by atoms with Gasteiger partial charge in [0.15, 0.2) is 0 Å². The monoisotopic (exact) mass is 410 g/mol. The molecule has 158 valence electrons. The van der Waals surface area contributed by atoms with Crippen LogP contribution < -0.4 is 16.0 Å². The molecule has 0 saturated carbocycles. The van der Waals surface area contributed by atoms with E-state index in [9.17, 15) is 14.4 Å². The molecule has 2 fully saturated rings. The highest BCUT2D eigenvalue weighted by molar-refractivity contribution is 6.05. The van der Waals surface area contributed by atoms with E-state index in [2.05, 4.69) is 16.0 Å². The van der Waals surface area contributed by atoms with Crippen LogP contribution in [0.2, 0.25) is 0 Å². The fourth-order valence-electron chi connectivity index (χ4n) is 4.27. The largest absolute Gasteiger partial charge is 0.353 e. The average molecular weight is 410 g/mol. The first-order chi connectivity index (χ1) is 14.5. The Hall–Kier alpha value is -2.97. The molecule has 8 heteroatoms. The zero-order chi connectivity index (χ0) is 21.3. The van der Waals surface area contributed by atoms with Gasteiger partial charge in [-0.25, -0.2) is 0 Å². The van der Waals surface area contributed by atoms with Crippen molar-refractivity contribution in [2.45, 2.75) is 44.2 Å². The summed E-state index contributed by atoms with van der Waals surface area (Å²) in [5.41, 5.74) is 0.708. The lowest BCUT2D eigenvalue weighted by atomic mass is 10.1. The normalized spacial score (nSPS) is 25.8. The molecule has 2 aliphatic rings. The van der Waals surface area contributed by atoms with Crippen molar-refractivity contribution < 1.29 is 19.1 Å². The van der Waals surface area contributed by atoms with Crippen LogP contribution in [-0.4, -0.2) is 60.6 Å². The number of likely N-dealkylation sites (N-methyl/N-ethyl adjacent to an activating group) is 1. The summed E-state index contributed by atoms with van der Waals surface area (Å²) in [5.74, 6) is -0.819. The second-order valence-electron chi connectivity index (χ2n) is 7.73. The second kappa shape index (κ2) is 8.41. The Morgan fingerprint density at radius 2 is 1.90 bits per heavy atom. The highest BCUT2D eigenvalue weighted by Gasteiger charge is 2.49. The summed E-state index contributed by atoms with van der Waals surface area (Å²) in [4.78, 5) is 39.8. The van der Waals surface area contributed by atoms with E-state index in [-0.39, 0.29) is 24.3 Å². The summed E-state index contributed by atoms with van der Waals surface area (Å²) in [6.07, 6.45) is 0.185. The molecule has 2 aliphatic heterocycles. The van der Waals surface area contributed by atoms with E-state index in [0.717, 1.165) is 10.8 Å². The highest BCUT2D eigenvalue weighted by Crippen LogP contribution is 2.33. The second-order valence-corrected chi connectivity index (χ2v) is 7.73. The van der Waals surface area contributed by atoms with Crippen molar-refractivity contribution >= 4 is 34.2 Å². The Morgan fingerprint density at radius 1 is 1.13 bits per heavy atom. The van der Waals surface area contributed by atoms with Crippen LogP contribution in [0.3, 0.4) is 0 Å². The van der Waals surface area contributed by atoms with Gasteiger partial charge in [-0.05, 0) is 38.3 Å². The zero-order valence-electron chi connectivity index (χ0n) is 17.1. The minimum Gasteiger partial charge on any atom is -0.353 e. The molecule has 4 atom stereocenters. The predicted molar refractivity (Wildman–Crippen MR) is 113 cm³/mol. The molecule has 0 aliphatic carbocycles. The summed E-state index contributed by atoms with van der Waals surface area (Å²) in [5, 5.41) is 10.4. The first kappa shape index (κ1) is 20.3. The van der Waals surface area contributed by atoms with E-state index < -0.39 is 24.4 Å². The summed E-state index contributed by atoms with van der Waals surface area (Å²) >= 11 is 0. The molecule has 2 aromatic carbocycles. The lowest BCUT2D eigenvalue weighted by Gasteiger charge is -2.41. The number of rotatable bonds is 5. The van der Waals surface area contributed by atoms with Gasteiger partial charge in [-0.3, -0.25) is 14.4 Å². The number of fused-ring (bicyclic) bond motifs is 2. The molecular weight excluding hydrogens is 384 g/mol. The van der Waals surface area contributed by atoms with Crippen LogP contribution in [0.25, 0.3) is 10.8 Å². The maximum Gasteiger partial charge on any atom is 0.250 e. The lowest BCUT2D eigenvalue weighted by Crippen LogP contribution is -2.64. The molecule has 0 bridgehead atoms. The van der Waals surface area contributed by atoms with Gasteiger partial charge in [0.25, 0.3) is 5.91 Å². The number of hydrogen-bond donors (Lipinski definition) is 3. The number of nitrogens with zero attached hydrogens (tertiary/aromatic N) is 1. The fraction of sp³-hybridized carbons (Fsp3) is 0.409. The van der Waals surface area contributed by atoms with E-state index in [0.29, 0.717) is 18.5 Å². The van der Waals surface area contributed by atoms with Crippen LogP contribution in [-0.2, 0) is 19.1 Å². The number of hydrogen-bond acceptors (Lipinski definition) is 5. The van der Waals surface area contributed by atoms with Crippen LogP contribution >= 0.6 is 0 Å². The number of benzene rings is 2. The number of nitrogens with one attached hydrogen (secondary N) is 3. The summed E-state index contributed by atoms with van der Waals surface area (Å²) in [7, 11) is 1.66. The zero-order valence-corrected chi connectivity index (χ0v) is 17.1. The van der Waals surface area contributed by atoms with Crippen molar-refractivity contribution in [3.8, 4) is 0 Å². The lowest BCUT2D eigenvalue weighted by molar-refractivity contribution is -0.178. The summed E-state index contributed by atoms with van der Waals surface area (Å²) < 4.78 is 5.96. The smallest absolute Gasteiger partial charge is 0.250 e. The highest BCUT2D eigenvalue weighted by atomic mass is 16.5. The molecule has 3 amide bonds. The molecule has 0 radical (unpaired) electrons. The molecule has 0 spiro atoms. The van der Waals surface area contributed by atoms with Crippen molar-refractivity contribution in [3.05, 3.63) is 42.5 Å². The predicted octanol–water partition coefficient (Wildman–Crippen LogP) is 1.22. The van der Waals surface area contributed by atoms with Gasteiger partial charge in [-0.2, -0.15) is 0 Å². The minimum absolute atomic E-state index is 0.102. The van der Waals surface area contributed by atoms with Gasteiger partial charge in [0.05, 0.1) is 12.6 Å². The first-order valence-electron chi connectivity index (χ1n) is 10.2. The third kappa shape index (κ3) is 3.76. The van der Waals surface area contributed by atoms with E-state index >= 15 is 0 Å². The van der Waals surface area contributed by atoms with Crippen LogP contribution in [0.4, 0.5) is 5.69 Å². The molecule has 0 aromatic heterocycles. The molecule has 2 aromatic rings. The maximum atomic E-state index is 13.2. The van der Waals surface area contributed by atoms with Crippen LogP contribution in [0.5, 0.6) is 0 Å². The van der Waals surface area contributed by atoms with Crippen molar-refractivity contribution in [1.29, 1.82) is 0 Å². The molecule has 30 heavy (non-hydrogen) atoms. The minimum atomic E-state index is -0.812. The van der Waals surface area contributed by atoms with E-state index in [4.69, 9.17) is 4.74 Å². The molecule has 3 N–H and O–H groups in total. The van der Waals surface area contributed by atoms with Crippen molar-refractivity contribution in [2.24, 2.45) is 0 Å². The topological polar surface area (TPSA) is 99.8 Å². The Bertz CT molecular complexity index is 973. The van der Waals surface area contributed by atoms with Crippen molar-refractivity contribution in [3.63, 3.8) is 0 Å². The number of ether oxygens (including phenoxy) is 1. The van der Waals surface area contributed by atoms with E-state index in [1.165, 1.54) is 4.90 Å². The number of carbonyl (C=O) groups excluding carboxylic acids is 3. The van der Waals surface area contributed by atoms with Crippen LogP contribution in [0, 0.1) is 0 Å². The quantitative estimate of drug-likeness (QED) is 0.688. The summed E-state index contributed by atoms with van der Waals surface area (Å²) in [6.45, 7) is 1.87. The third-order valence-corrected chi connectivity index (χ3v) is 5.70. The Balaban J connectivity index is 1.52.